The minimum absolute atomic E-state index is 0.123. The first-order valence-electron chi connectivity index (χ1n) is 7.66. The zero-order valence-corrected chi connectivity index (χ0v) is 15.0. The van der Waals surface area contributed by atoms with Crippen LogP contribution in [-0.2, 0) is 10.0 Å². The third kappa shape index (κ3) is 4.21. The van der Waals surface area contributed by atoms with Crippen LogP contribution in [0.15, 0.2) is 59.5 Å². The third-order valence-electron chi connectivity index (χ3n) is 3.62. The zero-order chi connectivity index (χ0) is 17.7. The van der Waals surface area contributed by atoms with E-state index in [0.717, 1.165) is 0 Å². The van der Waals surface area contributed by atoms with Crippen LogP contribution in [0.3, 0.4) is 0 Å². The highest BCUT2D eigenvalue weighted by molar-refractivity contribution is 7.92. The molecule has 0 fully saturated rings. The molecule has 2 rings (SSSR count). The Bertz CT molecular complexity index is 802. The minimum atomic E-state index is -3.75. The smallest absolute Gasteiger partial charge is 0.264 e. The molecule has 0 atom stereocenters. The molecule has 0 N–H and O–H groups in total. The van der Waals surface area contributed by atoms with Gasteiger partial charge in [-0.15, -0.1) is 0 Å². The highest BCUT2D eigenvalue weighted by Crippen LogP contribution is 2.24. The van der Waals surface area contributed by atoms with Gasteiger partial charge in [0.25, 0.3) is 10.0 Å². The Morgan fingerprint density at radius 1 is 0.958 bits per heavy atom. The van der Waals surface area contributed by atoms with Crippen LogP contribution in [0.1, 0.15) is 17.3 Å². The maximum atomic E-state index is 13.1. The van der Waals surface area contributed by atoms with E-state index in [1.165, 1.54) is 23.4 Å². The molecule has 0 bridgehead atoms. The van der Waals surface area contributed by atoms with Crippen molar-refractivity contribution < 1.29 is 13.2 Å². The van der Waals surface area contributed by atoms with Gasteiger partial charge in [-0.05, 0) is 45.3 Å². The number of sulfonamides is 1. The van der Waals surface area contributed by atoms with Gasteiger partial charge in [-0.2, -0.15) is 0 Å². The number of para-hydroxylation sites is 1. The molecule has 0 saturated carbocycles. The number of anilines is 1. The molecule has 5 nitrogen and oxygen atoms in total. The first kappa shape index (κ1) is 18.2. The van der Waals surface area contributed by atoms with Crippen molar-refractivity contribution in [2.24, 2.45) is 0 Å². The summed E-state index contributed by atoms with van der Waals surface area (Å²) in [5, 5.41) is 0. The molecule has 0 heterocycles. The summed E-state index contributed by atoms with van der Waals surface area (Å²) >= 11 is 0. The van der Waals surface area contributed by atoms with Gasteiger partial charge in [0.05, 0.1) is 10.6 Å². The summed E-state index contributed by atoms with van der Waals surface area (Å²) in [6.45, 7) is 2.33. The predicted octanol–water partition coefficient (Wildman–Crippen LogP) is 2.65. The first-order valence-corrected chi connectivity index (χ1v) is 9.10. The summed E-state index contributed by atoms with van der Waals surface area (Å²) in [6, 6.07) is 15.2. The highest BCUT2D eigenvalue weighted by Gasteiger charge is 2.25. The van der Waals surface area contributed by atoms with Gasteiger partial charge in [-0.1, -0.05) is 30.3 Å². The number of ketones is 1. The van der Waals surface area contributed by atoms with Crippen molar-refractivity contribution in [3.8, 4) is 0 Å². The van der Waals surface area contributed by atoms with Crippen molar-refractivity contribution in [2.45, 2.75) is 11.8 Å². The lowest BCUT2D eigenvalue weighted by molar-refractivity contribution is 0.101. The van der Waals surface area contributed by atoms with E-state index in [0.29, 0.717) is 24.3 Å². The number of carbonyl (C=O) groups excluding carboxylic acids is 1. The lowest BCUT2D eigenvalue weighted by Crippen LogP contribution is -2.36. The molecule has 0 amide bonds. The lowest BCUT2D eigenvalue weighted by atomic mass is 10.2. The standard InChI is InChI=1S/C18H22N2O3S/c1-15(21)16-8-7-11-18(14-16)24(22,23)20(13-12-19(2)3)17-9-5-4-6-10-17/h4-11,14H,12-13H2,1-3H3. The first-order chi connectivity index (χ1) is 11.3. The molecular formula is C18H22N2O3S. The van der Waals surface area contributed by atoms with Gasteiger partial charge in [0.15, 0.2) is 5.78 Å². The summed E-state index contributed by atoms with van der Waals surface area (Å²) in [5.74, 6) is -0.161. The number of hydrogen-bond donors (Lipinski definition) is 0. The Labute approximate surface area is 143 Å². The number of nitrogens with zero attached hydrogens (tertiary/aromatic N) is 2. The number of carbonyl (C=O) groups is 1. The monoisotopic (exact) mass is 346 g/mol. The number of likely N-dealkylation sites (N-methyl/N-ethyl adjacent to an activating group) is 1. The number of hydrogen-bond acceptors (Lipinski definition) is 4. The fraction of sp³-hybridized carbons (Fsp3) is 0.278. The van der Waals surface area contributed by atoms with E-state index in [1.807, 2.05) is 25.1 Å². The van der Waals surface area contributed by atoms with Gasteiger partial charge in [-0.25, -0.2) is 8.42 Å². The average Bonchev–Trinajstić information content (AvgIpc) is 2.55. The van der Waals surface area contributed by atoms with Crippen LogP contribution in [0, 0.1) is 0 Å². The largest absolute Gasteiger partial charge is 0.308 e. The molecule has 2 aromatic rings. The van der Waals surface area contributed by atoms with Crippen LogP contribution in [0.5, 0.6) is 0 Å². The molecule has 128 valence electrons. The van der Waals surface area contributed by atoms with Crippen molar-refractivity contribution in [1.82, 2.24) is 4.90 Å². The van der Waals surface area contributed by atoms with E-state index in [-0.39, 0.29) is 10.7 Å². The Kier molecular flexibility index (Phi) is 5.75. The quantitative estimate of drug-likeness (QED) is 0.723. The van der Waals surface area contributed by atoms with E-state index in [1.54, 1.807) is 36.4 Å². The van der Waals surface area contributed by atoms with Crippen molar-refractivity contribution in [3.05, 3.63) is 60.2 Å². The predicted molar refractivity (Wildman–Crippen MR) is 96.0 cm³/mol. The summed E-state index contributed by atoms with van der Waals surface area (Å²) in [6.07, 6.45) is 0. The van der Waals surface area contributed by atoms with E-state index >= 15 is 0 Å². The van der Waals surface area contributed by atoms with Crippen molar-refractivity contribution in [3.63, 3.8) is 0 Å². The third-order valence-corrected chi connectivity index (χ3v) is 5.45. The number of Topliss-reactive ketones (excluding diaryl/α,β-unsaturated/α-hetero) is 1. The second-order valence-electron chi connectivity index (χ2n) is 5.80. The molecule has 6 heteroatoms. The van der Waals surface area contributed by atoms with Crippen molar-refractivity contribution in [1.29, 1.82) is 0 Å². The molecule has 0 aliphatic heterocycles. The van der Waals surface area contributed by atoms with Crippen LogP contribution in [0.25, 0.3) is 0 Å². The van der Waals surface area contributed by atoms with Gasteiger partial charge >= 0.3 is 0 Å². The Morgan fingerprint density at radius 2 is 1.62 bits per heavy atom. The van der Waals surface area contributed by atoms with Crippen LogP contribution < -0.4 is 4.31 Å². The normalized spacial score (nSPS) is 11.5. The number of benzene rings is 2. The lowest BCUT2D eigenvalue weighted by Gasteiger charge is -2.26. The maximum Gasteiger partial charge on any atom is 0.264 e. The van der Waals surface area contributed by atoms with Gasteiger partial charge in [-0.3, -0.25) is 9.10 Å². The molecule has 2 aromatic carbocycles. The van der Waals surface area contributed by atoms with Gasteiger partial charge < -0.3 is 4.90 Å². The molecule has 0 aliphatic rings. The Hall–Kier alpha value is -2.18. The van der Waals surface area contributed by atoms with Gasteiger partial charge in [0.1, 0.15) is 0 Å². The molecule has 24 heavy (non-hydrogen) atoms. The molecule has 0 aromatic heterocycles. The molecular weight excluding hydrogens is 324 g/mol. The average molecular weight is 346 g/mol. The van der Waals surface area contributed by atoms with Crippen LogP contribution >= 0.6 is 0 Å². The van der Waals surface area contributed by atoms with Crippen LogP contribution in [0.4, 0.5) is 5.69 Å². The fourth-order valence-corrected chi connectivity index (χ4v) is 3.78. The van der Waals surface area contributed by atoms with E-state index in [9.17, 15) is 13.2 Å². The minimum Gasteiger partial charge on any atom is -0.308 e. The van der Waals surface area contributed by atoms with Crippen molar-refractivity contribution >= 4 is 21.5 Å². The molecule has 0 saturated heterocycles. The SMILES string of the molecule is CC(=O)c1cccc(S(=O)(=O)N(CCN(C)C)c2ccccc2)c1. The van der Waals surface area contributed by atoms with Gasteiger partial charge in [0, 0.05) is 18.7 Å². The summed E-state index contributed by atoms with van der Waals surface area (Å²) < 4.78 is 27.6. The van der Waals surface area contributed by atoms with Crippen LogP contribution in [-0.4, -0.2) is 46.3 Å². The van der Waals surface area contributed by atoms with E-state index in [2.05, 4.69) is 0 Å². The fourth-order valence-electron chi connectivity index (χ4n) is 2.28. The summed E-state index contributed by atoms with van der Waals surface area (Å²) in [7, 11) is 0.0386. The Morgan fingerprint density at radius 3 is 2.21 bits per heavy atom. The molecule has 0 unspecified atom stereocenters. The number of rotatable bonds is 7. The molecule has 0 aliphatic carbocycles. The summed E-state index contributed by atoms with van der Waals surface area (Å²) in [4.78, 5) is 13.6. The van der Waals surface area contributed by atoms with Crippen molar-refractivity contribution in [2.75, 3.05) is 31.5 Å². The summed E-state index contributed by atoms with van der Waals surface area (Å²) in [5.41, 5.74) is 0.990. The second kappa shape index (κ2) is 7.59. The molecule has 0 spiro atoms. The molecule has 0 radical (unpaired) electrons. The van der Waals surface area contributed by atoms with E-state index in [4.69, 9.17) is 0 Å². The van der Waals surface area contributed by atoms with Gasteiger partial charge in [0.2, 0.25) is 0 Å². The van der Waals surface area contributed by atoms with Crippen LogP contribution in [0.2, 0.25) is 0 Å². The Balaban J connectivity index is 2.47. The van der Waals surface area contributed by atoms with E-state index < -0.39 is 10.0 Å². The highest BCUT2D eigenvalue weighted by atomic mass is 32.2. The second-order valence-corrected chi connectivity index (χ2v) is 7.66. The topological polar surface area (TPSA) is 57.7 Å². The maximum absolute atomic E-state index is 13.1. The zero-order valence-electron chi connectivity index (χ0n) is 14.1.